The van der Waals surface area contributed by atoms with Gasteiger partial charge in [-0.15, -0.1) is 10.2 Å². The zero-order valence-electron chi connectivity index (χ0n) is 13.3. The van der Waals surface area contributed by atoms with Crippen molar-refractivity contribution in [3.63, 3.8) is 0 Å². The second kappa shape index (κ2) is 6.29. The van der Waals surface area contributed by atoms with Gasteiger partial charge in [0.1, 0.15) is 12.2 Å². The summed E-state index contributed by atoms with van der Waals surface area (Å²) in [6.45, 7) is 0.727. The van der Waals surface area contributed by atoms with E-state index in [-0.39, 0.29) is 6.04 Å². The maximum absolute atomic E-state index is 6.44. The molecule has 2 aromatic heterocycles. The summed E-state index contributed by atoms with van der Waals surface area (Å²) in [4.78, 5) is 3.29. The van der Waals surface area contributed by atoms with Crippen LogP contribution >= 0.6 is 0 Å². The standard InChI is InChI=1S/C19H19N5/c20-17(10-15-11-21-18-9-5-4-8-16(15)18)19-23-22-13-24(19)12-14-6-2-1-3-7-14/h1-9,11,13,17,21H,10,12,20H2/t17-/m0/s1. The predicted octanol–water partition coefficient (Wildman–Crippen LogP) is 3.05. The Labute approximate surface area is 140 Å². The van der Waals surface area contributed by atoms with Crippen molar-refractivity contribution in [1.29, 1.82) is 0 Å². The first kappa shape index (κ1) is 14.7. The van der Waals surface area contributed by atoms with Crippen LogP contribution in [0.2, 0.25) is 0 Å². The highest BCUT2D eigenvalue weighted by molar-refractivity contribution is 5.83. The van der Waals surface area contributed by atoms with Crippen LogP contribution in [0.4, 0.5) is 0 Å². The molecule has 0 fully saturated rings. The minimum absolute atomic E-state index is 0.199. The highest BCUT2D eigenvalue weighted by Crippen LogP contribution is 2.22. The molecule has 5 nitrogen and oxygen atoms in total. The van der Waals surface area contributed by atoms with Gasteiger partial charge in [0, 0.05) is 17.1 Å². The highest BCUT2D eigenvalue weighted by Gasteiger charge is 2.16. The number of fused-ring (bicyclic) bond motifs is 1. The van der Waals surface area contributed by atoms with Gasteiger partial charge in [0.05, 0.1) is 12.6 Å². The van der Waals surface area contributed by atoms with Gasteiger partial charge in [0.25, 0.3) is 0 Å². The molecular formula is C19H19N5. The van der Waals surface area contributed by atoms with Crippen molar-refractivity contribution in [2.75, 3.05) is 0 Å². The number of benzene rings is 2. The third kappa shape index (κ3) is 2.81. The quantitative estimate of drug-likeness (QED) is 0.594. The van der Waals surface area contributed by atoms with E-state index in [1.54, 1.807) is 6.33 Å². The molecule has 0 saturated heterocycles. The van der Waals surface area contributed by atoms with Crippen LogP contribution in [0.15, 0.2) is 67.1 Å². The zero-order chi connectivity index (χ0) is 16.4. The Bertz CT molecular complexity index is 938. The third-order valence-electron chi connectivity index (χ3n) is 4.29. The van der Waals surface area contributed by atoms with Gasteiger partial charge in [-0.05, 0) is 23.6 Å². The molecule has 0 radical (unpaired) electrons. The van der Waals surface area contributed by atoms with Crippen LogP contribution < -0.4 is 5.73 Å². The highest BCUT2D eigenvalue weighted by atomic mass is 15.3. The molecule has 120 valence electrons. The van der Waals surface area contributed by atoms with Gasteiger partial charge >= 0.3 is 0 Å². The predicted molar refractivity (Wildman–Crippen MR) is 94.5 cm³/mol. The summed E-state index contributed by atoms with van der Waals surface area (Å²) in [7, 11) is 0. The van der Waals surface area contributed by atoms with E-state index in [0.717, 1.165) is 24.3 Å². The van der Waals surface area contributed by atoms with E-state index in [9.17, 15) is 0 Å². The molecule has 4 aromatic rings. The first-order chi connectivity index (χ1) is 11.8. The molecule has 0 bridgehead atoms. The average Bonchev–Trinajstić information content (AvgIpc) is 3.23. The summed E-state index contributed by atoms with van der Waals surface area (Å²) in [6, 6.07) is 18.3. The summed E-state index contributed by atoms with van der Waals surface area (Å²) >= 11 is 0. The number of hydrogen-bond donors (Lipinski definition) is 2. The van der Waals surface area contributed by atoms with E-state index in [1.165, 1.54) is 16.5 Å². The topological polar surface area (TPSA) is 72.5 Å². The number of nitrogens with two attached hydrogens (primary N) is 1. The second-order valence-corrected chi connectivity index (χ2v) is 5.97. The number of hydrogen-bond acceptors (Lipinski definition) is 3. The Morgan fingerprint density at radius 2 is 1.83 bits per heavy atom. The number of rotatable bonds is 5. The SMILES string of the molecule is N[C@@H](Cc1c[nH]c2ccccc12)c1nncn1Cc1ccccc1. The van der Waals surface area contributed by atoms with Crippen molar-refractivity contribution in [3.05, 3.63) is 84.1 Å². The van der Waals surface area contributed by atoms with Crippen LogP contribution in [0.3, 0.4) is 0 Å². The maximum atomic E-state index is 6.44. The molecule has 24 heavy (non-hydrogen) atoms. The summed E-state index contributed by atoms with van der Waals surface area (Å²) in [6.07, 6.45) is 4.50. The largest absolute Gasteiger partial charge is 0.361 e. The van der Waals surface area contributed by atoms with Crippen LogP contribution in [-0.2, 0) is 13.0 Å². The van der Waals surface area contributed by atoms with Crippen molar-refractivity contribution < 1.29 is 0 Å². The van der Waals surface area contributed by atoms with Gasteiger partial charge < -0.3 is 15.3 Å². The molecule has 1 atom stereocenters. The fourth-order valence-electron chi connectivity index (χ4n) is 3.08. The van der Waals surface area contributed by atoms with E-state index < -0.39 is 0 Å². The molecule has 2 heterocycles. The van der Waals surface area contributed by atoms with E-state index in [1.807, 2.05) is 41.1 Å². The number of aromatic amines is 1. The zero-order valence-corrected chi connectivity index (χ0v) is 13.3. The molecule has 4 rings (SSSR count). The Hall–Kier alpha value is -2.92. The number of aromatic nitrogens is 4. The lowest BCUT2D eigenvalue weighted by atomic mass is 10.0. The normalized spacial score (nSPS) is 12.5. The first-order valence-corrected chi connectivity index (χ1v) is 8.03. The van der Waals surface area contributed by atoms with Gasteiger partial charge in [-0.2, -0.15) is 0 Å². The Balaban J connectivity index is 1.57. The van der Waals surface area contributed by atoms with Gasteiger partial charge in [0.15, 0.2) is 0 Å². The van der Waals surface area contributed by atoms with Crippen LogP contribution in [0.25, 0.3) is 10.9 Å². The van der Waals surface area contributed by atoms with Crippen molar-refractivity contribution in [1.82, 2.24) is 19.7 Å². The summed E-state index contributed by atoms with van der Waals surface area (Å²) in [5.41, 5.74) is 9.98. The smallest absolute Gasteiger partial charge is 0.150 e. The Kier molecular flexibility index (Phi) is 3.84. The monoisotopic (exact) mass is 317 g/mol. The van der Waals surface area contributed by atoms with Crippen LogP contribution in [0, 0.1) is 0 Å². The lowest BCUT2D eigenvalue weighted by Gasteiger charge is -2.13. The molecule has 5 heteroatoms. The number of H-pyrrole nitrogens is 1. The first-order valence-electron chi connectivity index (χ1n) is 8.03. The Morgan fingerprint density at radius 1 is 1.04 bits per heavy atom. The molecule has 0 saturated carbocycles. The van der Waals surface area contributed by atoms with Crippen molar-refractivity contribution >= 4 is 10.9 Å². The van der Waals surface area contributed by atoms with Crippen LogP contribution in [-0.4, -0.2) is 19.7 Å². The second-order valence-electron chi connectivity index (χ2n) is 5.97. The molecular weight excluding hydrogens is 298 g/mol. The Morgan fingerprint density at radius 3 is 2.71 bits per heavy atom. The molecule has 0 amide bonds. The van der Waals surface area contributed by atoms with E-state index in [2.05, 4.69) is 39.4 Å². The van der Waals surface area contributed by atoms with E-state index in [4.69, 9.17) is 5.73 Å². The molecule has 3 N–H and O–H groups in total. The summed E-state index contributed by atoms with van der Waals surface area (Å²) < 4.78 is 2.02. The van der Waals surface area contributed by atoms with Gasteiger partial charge in [-0.1, -0.05) is 48.5 Å². The molecule has 0 unspecified atom stereocenters. The van der Waals surface area contributed by atoms with Crippen LogP contribution in [0.1, 0.15) is 23.0 Å². The van der Waals surface area contributed by atoms with Gasteiger partial charge in [0.2, 0.25) is 0 Å². The van der Waals surface area contributed by atoms with Crippen molar-refractivity contribution in [2.45, 2.75) is 19.0 Å². The van der Waals surface area contributed by atoms with Gasteiger partial charge in [-0.25, -0.2) is 0 Å². The fourth-order valence-corrected chi connectivity index (χ4v) is 3.08. The van der Waals surface area contributed by atoms with Crippen LogP contribution in [0.5, 0.6) is 0 Å². The lowest BCUT2D eigenvalue weighted by molar-refractivity contribution is 0.610. The maximum Gasteiger partial charge on any atom is 0.150 e. The summed E-state index contributed by atoms with van der Waals surface area (Å²) in [5, 5.41) is 9.52. The molecule has 0 aliphatic rings. The minimum atomic E-state index is -0.199. The van der Waals surface area contributed by atoms with Gasteiger partial charge in [-0.3, -0.25) is 0 Å². The number of nitrogens with one attached hydrogen (secondary N) is 1. The molecule has 0 aliphatic heterocycles. The summed E-state index contributed by atoms with van der Waals surface area (Å²) in [5.74, 6) is 0.809. The fraction of sp³-hybridized carbons (Fsp3) is 0.158. The minimum Gasteiger partial charge on any atom is -0.361 e. The molecule has 2 aromatic carbocycles. The third-order valence-corrected chi connectivity index (χ3v) is 4.29. The van der Waals surface area contributed by atoms with E-state index in [0.29, 0.717) is 0 Å². The van der Waals surface area contributed by atoms with Crippen molar-refractivity contribution in [3.8, 4) is 0 Å². The number of nitrogens with zero attached hydrogens (tertiary/aromatic N) is 3. The van der Waals surface area contributed by atoms with E-state index >= 15 is 0 Å². The molecule has 0 aliphatic carbocycles. The van der Waals surface area contributed by atoms with Crippen molar-refractivity contribution in [2.24, 2.45) is 5.73 Å². The lowest BCUT2D eigenvalue weighted by Crippen LogP contribution is -2.19. The molecule has 0 spiro atoms. The average molecular weight is 317 g/mol. The number of para-hydroxylation sites is 1.